The van der Waals surface area contributed by atoms with Crippen LogP contribution in [0.5, 0.6) is 0 Å². The molecule has 0 spiro atoms. The van der Waals surface area contributed by atoms with E-state index in [0.29, 0.717) is 41.3 Å². The zero-order valence-corrected chi connectivity index (χ0v) is 17.5. The number of nitrogens with zero attached hydrogens (tertiary/aromatic N) is 3. The fourth-order valence-corrected chi connectivity index (χ4v) is 4.12. The zero-order chi connectivity index (χ0) is 23.3. The number of halogens is 4. The average molecular weight is 458 g/mol. The number of alkyl halides is 3. The average Bonchev–Trinajstić information content (AvgIpc) is 3.33. The quantitative estimate of drug-likeness (QED) is 0.359. The summed E-state index contributed by atoms with van der Waals surface area (Å²) in [6.07, 6.45) is -4.45. The highest BCUT2D eigenvalue weighted by molar-refractivity contribution is 5.98. The summed E-state index contributed by atoms with van der Waals surface area (Å²) in [5.41, 5.74) is 1.12. The van der Waals surface area contributed by atoms with Crippen LogP contribution in [-0.4, -0.2) is 27.1 Å². The minimum absolute atomic E-state index is 0.0751. The van der Waals surface area contributed by atoms with E-state index in [4.69, 9.17) is 4.42 Å². The molecule has 0 radical (unpaired) electrons. The van der Waals surface area contributed by atoms with Crippen molar-refractivity contribution in [1.29, 1.82) is 0 Å². The van der Waals surface area contributed by atoms with Gasteiger partial charge in [0.1, 0.15) is 11.3 Å². The van der Waals surface area contributed by atoms with Crippen molar-refractivity contribution in [2.45, 2.75) is 32.5 Å². The summed E-state index contributed by atoms with van der Waals surface area (Å²) in [7, 11) is 0. The van der Waals surface area contributed by atoms with Crippen molar-refractivity contribution in [1.82, 2.24) is 20.1 Å². The summed E-state index contributed by atoms with van der Waals surface area (Å²) < 4.78 is 61.7. The number of hydrogen-bond donors (Lipinski definition) is 1. The Bertz CT molecular complexity index is 1390. The largest absolute Gasteiger partial charge is 0.441 e. The van der Waals surface area contributed by atoms with Crippen molar-refractivity contribution in [3.63, 3.8) is 0 Å². The third-order valence-electron chi connectivity index (χ3n) is 5.63. The van der Waals surface area contributed by atoms with Gasteiger partial charge in [-0.2, -0.15) is 18.3 Å². The molecule has 1 N–H and O–H groups in total. The lowest BCUT2D eigenvalue weighted by atomic mass is 10.0. The van der Waals surface area contributed by atoms with Gasteiger partial charge in [-0.15, -0.1) is 0 Å². The summed E-state index contributed by atoms with van der Waals surface area (Å²) in [6.45, 7) is 2.24. The molecule has 0 unspecified atom stereocenters. The molecule has 0 bridgehead atoms. The van der Waals surface area contributed by atoms with Crippen LogP contribution >= 0.6 is 0 Å². The molecule has 1 aliphatic heterocycles. The third-order valence-corrected chi connectivity index (χ3v) is 5.63. The number of benzene rings is 2. The van der Waals surface area contributed by atoms with Crippen LogP contribution in [0.25, 0.3) is 16.8 Å². The molecule has 170 valence electrons. The van der Waals surface area contributed by atoms with Gasteiger partial charge >= 0.3 is 6.18 Å². The number of aromatic nitrogens is 3. The van der Waals surface area contributed by atoms with Crippen LogP contribution in [0.2, 0.25) is 0 Å². The number of Topliss-reactive ketones (excluding diaryl/α,β-unsaturated/α-hetero) is 1. The van der Waals surface area contributed by atoms with E-state index < -0.39 is 17.7 Å². The predicted octanol–water partition coefficient (Wildman–Crippen LogP) is 4.55. The molecule has 0 atom stereocenters. The molecule has 2 aromatic carbocycles. The molecule has 5 rings (SSSR count). The van der Waals surface area contributed by atoms with Crippen LogP contribution in [0.3, 0.4) is 0 Å². The maximum Gasteiger partial charge on any atom is 0.435 e. The number of ketones is 1. The summed E-state index contributed by atoms with van der Waals surface area (Å²) in [5, 5.41) is 6.77. The number of fused-ring (bicyclic) bond motifs is 2. The second-order valence-corrected chi connectivity index (χ2v) is 7.90. The molecule has 0 aliphatic carbocycles. The number of carbonyl (C=O) groups excluding carboxylic acids is 1. The summed E-state index contributed by atoms with van der Waals surface area (Å²) in [5.74, 6) is -0.578. The molecule has 4 aromatic rings. The van der Waals surface area contributed by atoms with Crippen LogP contribution < -0.4 is 5.32 Å². The van der Waals surface area contributed by atoms with Crippen molar-refractivity contribution in [2.24, 2.45) is 0 Å². The van der Waals surface area contributed by atoms with E-state index in [-0.39, 0.29) is 35.4 Å². The molecule has 0 fully saturated rings. The van der Waals surface area contributed by atoms with Gasteiger partial charge in [0.2, 0.25) is 0 Å². The SMILES string of the molecule is Cc1nc2cc(F)c(CC(=O)c3cccc(-n4nc(C(F)(F)F)c5c4CCNC5)c3)cc2o1. The second-order valence-electron chi connectivity index (χ2n) is 7.90. The van der Waals surface area contributed by atoms with Crippen LogP contribution in [0.4, 0.5) is 17.6 Å². The Morgan fingerprint density at radius 1 is 1.24 bits per heavy atom. The Morgan fingerprint density at radius 2 is 2.06 bits per heavy atom. The van der Waals surface area contributed by atoms with Gasteiger partial charge in [0.05, 0.1) is 11.4 Å². The normalized spacial score (nSPS) is 14.0. The van der Waals surface area contributed by atoms with Crippen molar-refractivity contribution >= 4 is 16.9 Å². The van der Waals surface area contributed by atoms with Gasteiger partial charge in [-0.1, -0.05) is 12.1 Å². The molecule has 0 saturated heterocycles. The van der Waals surface area contributed by atoms with Gasteiger partial charge in [0.25, 0.3) is 0 Å². The molecule has 3 heterocycles. The summed E-state index contributed by atoms with van der Waals surface area (Å²) in [4.78, 5) is 17.0. The van der Waals surface area contributed by atoms with Gasteiger partial charge in [-0.25, -0.2) is 14.1 Å². The number of rotatable bonds is 4. The number of hydrogen-bond acceptors (Lipinski definition) is 5. The van der Waals surface area contributed by atoms with Crippen molar-refractivity contribution in [2.75, 3.05) is 6.54 Å². The van der Waals surface area contributed by atoms with Gasteiger partial charge in [0, 0.05) is 50.0 Å². The zero-order valence-electron chi connectivity index (χ0n) is 17.5. The van der Waals surface area contributed by atoms with E-state index in [1.807, 2.05) is 0 Å². The van der Waals surface area contributed by atoms with Crippen LogP contribution in [-0.2, 0) is 25.6 Å². The predicted molar refractivity (Wildman–Crippen MR) is 111 cm³/mol. The molecular formula is C23H18F4N4O2. The Balaban J connectivity index is 1.48. The van der Waals surface area contributed by atoms with E-state index in [1.54, 1.807) is 25.1 Å². The lowest BCUT2D eigenvalue weighted by Crippen LogP contribution is -2.25. The van der Waals surface area contributed by atoms with Crippen molar-refractivity contribution in [3.05, 3.63) is 76.2 Å². The first kappa shape index (κ1) is 21.3. The molecule has 1 aliphatic rings. The first-order valence-corrected chi connectivity index (χ1v) is 10.3. The third kappa shape index (κ3) is 3.91. The molecule has 33 heavy (non-hydrogen) atoms. The first-order chi connectivity index (χ1) is 15.7. The van der Waals surface area contributed by atoms with Gasteiger partial charge in [-0.3, -0.25) is 4.79 Å². The number of oxazole rings is 1. The Kier molecular flexibility index (Phi) is 5.04. The minimum atomic E-state index is -4.59. The summed E-state index contributed by atoms with van der Waals surface area (Å²) >= 11 is 0. The highest BCUT2D eigenvalue weighted by Crippen LogP contribution is 2.35. The van der Waals surface area contributed by atoms with Gasteiger partial charge in [-0.05, 0) is 23.8 Å². The standard InChI is InChI=1S/C23H18F4N4O2/c1-12-29-18-10-17(24)14(9-21(18)33-12)8-20(32)13-3-2-4-15(7-13)31-19-5-6-28-11-16(19)22(30-31)23(25,26)27/h2-4,7,9-10,28H,5-6,8,11H2,1H3. The summed E-state index contributed by atoms with van der Waals surface area (Å²) in [6, 6.07) is 8.85. The van der Waals surface area contributed by atoms with E-state index >= 15 is 0 Å². The highest BCUT2D eigenvalue weighted by atomic mass is 19.4. The van der Waals surface area contributed by atoms with E-state index in [9.17, 15) is 22.4 Å². The molecule has 10 heteroatoms. The fourth-order valence-electron chi connectivity index (χ4n) is 4.12. The molecule has 6 nitrogen and oxygen atoms in total. The topological polar surface area (TPSA) is 73.0 Å². The number of aryl methyl sites for hydroxylation is 1. The van der Waals surface area contributed by atoms with Crippen LogP contribution in [0, 0.1) is 12.7 Å². The van der Waals surface area contributed by atoms with Crippen LogP contribution in [0.1, 0.15) is 38.8 Å². The van der Waals surface area contributed by atoms with Gasteiger partial charge < -0.3 is 9.73 Å². The lowest BCUT2D eigenvalue weighted by molar-refractivity contribution is -0.142. The van der Waals surface area contributed by atoms with E-state index in [1.165, 1.54) is 22.9 Å². The fraction of sp³-hybridized carbons (Fsp3) is 0.261. The van der Waals surface area contributed by atoms with Crippen molar-refractivity contribution in [3.8, 4) is 5.69 Å². The van der Waals surface area contributed by atoms with Gasteiger partial charge in [0.15, 0.2) is 23.0 Å². The molecule has 2 aromatic heterocycles. The maximum atomic E-state index is 14.5. The second kappa shape index (κ2) is 7.80. The number of nitrogens with one attached hydrogen (secondary N) is 1. The Morgan fingerprint density at radius 3 is 2.85 bits per heavy atom. The number of carbonyl (C=O) groups is 1. The molecular weight excluding hydrogens is 440 g/mol. The Labute approximate surface area is 185 Å². The smallest absolute Gasteiger partial charge is 0.435 e. The van der Waals surface area contributed by atoms with E-state index in [2.05, 4.69) is 15.4 Å². The lowest BCUT2D eigenvalue weighted by Gasteiger charge is -2.16. The minimum Gasteiger partial charge on any atom is -0.441 e. The monoisotopic (exact) mass is 458 g/mol. The highest BCUT2D eigenvalue weighted by Gasteiger charge is 2.39. The first-order valence-electron chi connectivity index (χ1n) is 10.3. The molecule has 0 saturated carbocycles. The Hall–Kier alpha value is -3.53. The van der Waals surface area contributed by atoms with E-state index in [0.717, 1.165) is 0 Å². The molecule has 0 amide bonds. The maximum absolute atomic E-state index is 14.5. The van der Waals surface area contributed by atoms with Crippen LogP contribution in [0.15, 0.2) is 40.8 Å². The van der Waals surface area contributed by atoms with Crippen molar-refractivity contribution < 1.29 is 26.8 Å².